The van der Waals surface area contributed by atoms with E-state index in [2.05, 4.69) is 12.1 Å². The van der Waals surface area contributed by atoms with Gasteiger partial charge in [0, 0.05) is 0 Å². The largest absolute Gasteiger partial charge is 0.496 e. The molecule has 0 saturated carbocycles. The minimum absolute atomic E-state index is 0.736. The molecule has 4 heteroatoms. The average molecular weight is 308 g/mol. The van der Waals surface area contributed by atoms with Gasteiger partial charge in [-0.3, -0.25) is 0 Å². The van der Waals surface area contributed by atoms with Crippen LogP contribution < -0.4 is 20.9 Å². The van der Waals surface area contributed by atoms with Crippen LogP contribution in [-0.2, 0) is 12.8 Å². The molecule has 0 aliphatic carbocycles. The summed E-state index contributed by atoms with van der Waals surface area (Å²) in [6, 6.07) is 4.27. The van der Waals surface area contributed by atoms with E-state index in [1.165, 1.54) is 24.0 Å². The van der Waals surface area contributed by atoms with Crippen molar-refractivity contribution >= 4 is 0 Å². The van der Waals surface area contributed by atoms with Gasteiger partial charge in [-0.05, 0) is 74.9 Å². The maximum atomic E-state index is 5.57. The highest BCUT2D eigenvalue weighted by molar-refractivity contribution is 5.46. The first-order valence-corrected chi connectivity index (χ1v) is 8.40. The molecule has 0 radical (unpaired) electrons. The molecule has 0 unspecified atom stereocenters. The molecule has 0 aliphatic heterocycles. The Morgan fingerprint density at radius 3 is 1.55 bits per heavy atom. The first-order chi connectivity index (χ1) is 10.8. The Kier molecular flexibility index (Phi) is 9.67. The number of methoxy groups -OCH3 is 2. The summed E-state index contributed by atoms with van der Waals surface area (Å²) in [6.07, 6.45) is 8.80. The fourth-order valence-corrected chi connectivity index (χ4v) is 2.69. The number of nitrogens with two attached hydrogens (primary N) is 2. The van der Waals surface area contributed by atoms with Crippen LogP contribution in [0.3, 0.4) is 0 Å². The number of aryl methyl sites for hydroxylation is 2. The standard InChI is InChI=1S/C18H32N2O2/c1-21-17-14-16(10-6-8-12-20)18(22-2)13-15(17)9-5-3-4-7-11-19/h13-14H,3-12,19-20H2,1-2H3. The molecule has 1 rings (SSSR count). The van der Waals surface area contributed by atoms with Gasteiger partial charge >= 0.3 is 0 Å². The lowest BCUT2D eigenvalue weighted by molar-refractivity contribution is 0.393. The summed E-state index contributed by atoms with van der Waals surface area (Å²) >= 11 is 0. The molecule has 0 saturated heterocycles. The third kappa shape index (κ3) is 6.24. The van der Waals surface area contributed by atoms with Crippen LogP contribution in [0.2, 0.25) is 0 Å². The molecule has 126 valence electrons. The number of benzene rings is 1. The summed E-state index contributed by atoms with van der Waals surface area (Å²) in [7, 11) is 3.47. The second-order valence-corrected chi connectivity index (χ2v) is 5.67. The highest BCUT2D eigenvalue weighted by Crippen LogP contribution is 2.31. The maximum Gasteiger partial charge on any atom is 0.122 e. The smallest absolute Gasteiger partial charge is 0.122 e. The van der Waals surface area contributed by atoms with Crippen LogP contribution in [0.15, 0.2) is 12.1 Å². The molecule has 0 fully saturated rings. The molecule has 0 spiro atoms. The molecule has 0 heterocycles. The summed E-state index contributed by atoms with van der Waals surface area (Å²) in [6.45, 7) is 1.52. The average Bonchev–Trinajstić information content (AvgIpc) is 2.55. The summed E-state index contributed by atoms with van der Waals surface area (Å²) in [5, 5.41) is 0. The SMILES string of the molecule is COc1cc(CCCCCCN)c(OC)cc1CCCCN. The maximum absolute atomic E-state index is 5.57. The van der Waals surface area contributed by atoms with Gasteiger partial charge in [-0.2, -0.15) is 0 Å². The fraction of sp³-hybridized carbons (Fsp3) is 0.667. The van der Waals surface area contributed by atoms with E-state index in [0.717, 1.165) is 63.1 Å². The predicted molar refractivity (Wildman–Crippen MR) is 92.8 cm³/mol. The van der Waals surface area contributed by atoms with Crippen LogP contribution in [-0.4, -0.2) is 27.3 Å². The molecule has 0 aromatic heterocycles. The Balaban J connectivity index is 2.71. The van der Waals surface area contributed by atoms with Crippen molar-refractivity contribution in [2.45, 2.75) is 51.4 Å². The van der Waals surface area contributed by atoms with Gasteiger partial charge in [-0.25, -0.2) is 0 Å². The van der Waals surface area contributed by atoms with Crippen molar-refractivity contribution in [3.05, 3.63) is 23.3 Å². The second kappa shape index (κ2) is 11.3. The molecular formula is C18H32N2O2. The molecule has 22 heavy (non-hydrogen) atoms. The fourth-order valence-electron chi connectivity index (χ4n) is 2.69. The van der Waals surface area contributed by atoms with Gasteiger partial charge in [-0.15, -0.1) is 0 Å². The number of rotatable bonds is 12. The van der Waals surface area contributed by atoms with E-state index in [1.807, 2.05) is 0 Å². The zero-order chi connectivity index (χ0) is 16.2. The van der Waals surface area contributed by atoms with Crippen LogP contribution in [0.4, 0.5) is 0 Å². The van der Waals surface area contributed by atoms with Crippen molar-refractivity contribution in [2.75, 3.05) is 27.3 Å². The third-order valence-corrected chi connectivity index (χ3v) is 3.98. The first-order valence-electron chi connectivity index (χ1n) is 8.40. The van der Waals surface area contributed by atoms with E-state index in [1.54, 1.807) is 14.2 Å². The molecule has 0 bridgehead atoms. The highest BCUT2D eigenvalue weighted by Gasteiger charge is 2.11. The monoisotopic (exact) mass is 308 g/mol. The van der Waals surface area contributed by atoms with Crippen molar-refractivity contribution in [1.29, 1.82) is 0 Å². The minimum atomic E-state index is 0.736. The van der Waals surface area contributed by atoms with Crippen LogP contribution in [0.25, 0.3) is 0 Å². The molecule has 0 aliphatic rings. The third-order valence-electron chi connectivity index (χ3n) is 3.98. The Labute approximate surface area is 135 Å². The summed E-state index contributed by atoms with van der Waals surface area (Å²) in [5.41, 5.74) is 13.5. The molecule has 4 nitrogen and oxygen atoms in total. The van der Waals surface area contributed by atoms with Crippen molar-refractivity contribution in [1.82, 2.24) is 0 Å². The second-order valence-electron chi connectivity index (χ2n) is 5.67. The van der Waals surface area contributed by atoms with Crippen molar-refractivity contribution in [3.8, 4) is 11.5 Å². The van der Waals surface area contributed by atoms with Crippen LogP contribution in [0, 0.1) is 0 Å². The first kappa shape index (κ1) is 18.8. The van der Waals surface area contributed by atoms with Crippen LogP contribution in [0.5, 0.6) is 11.5 Å². The van der Waals surface area contributed by atoms with E-state index in [0.29, 0.717) is 0 Å². The zero-order valence-corrected chi connectivity index (χ0v) is 14.2. The Morgan fingerprint density at radius 2 is 1.09 bits per heavy atom. The molecule has 0 amide bonds. The normalized spacial score (nSPS) is 10.7. The van der Waals surface area contributed by atoms with Gasteiger partial charge in [0.25, 0.3) is 0 Å². The van der Waals surface area contributed by atoms with Crippen molar-refractivity contribution < 1.29 is 9.47 Å². The van der Waals surface area contributed by atoms with Gasteiger partial charge in [-0.1, -0.05) is 12.8 Å². The highest BCUT2D eigenvalue weighted by atomic mass is 16.5. The Bertz CT molecular complexity index is 422. The van der Waals surface area contributed by atoms with Crippen LogP contribution in [0.1, 0.15) is 49.7 Å². The Morgan fingerprint density at radius 1 is 0.682 bits per heavy atom. The van der Waals surface area contributed by atoms with E-state index in [4.69, 9.17) is 20.9 Å². The van der Waals surface area contributed by atoms with E-state index < -0.39 is 0 Å². The lowest BCUT2D eigenvalue weighted by atomic mass is 10.00. The van der Waals surface area contributed by atoms with Gasteiger partial charge in [0.2, 0.25) is 0 Å². The number of hydrogen-bond acceptors (Lipinski definition) is 4. The summed E-state index contributed by atoms with van der Waals surface area (Å²) < 4.78 is 11.1. The van der Waals surface area contributed by atoms with Crippen molar-refractivity contribution in [3.63, 3.8) is 0 Å². The molecular weight excluding hydrogens is 276 g/mol. The topological polar surface area (TPSA) is 70.5 Å². The van der Waals surface area contributed by atoms with Gasteiger partial charge in [0.05, 0.1) is 14.2 Å². The van der Waals surface area contributed by atoms with Crippen LogP contribution >= 0.6 is 0 Å². The van der Waals surface area contributed by atoms with E-state index in [-0.39, 0.29) is 0 Å². The molecule has 4 N–H and O–H groups in total. The lowest BCUT2D eigenvalue weighted by Crippen LogP contribution is -2.02. The summed E-state index contributed by atoms with van der Waals surface area (Å²) in [4.78, 5) is 0. The molecule has 1 aromatic carbocycles. The zero-order valence-electron chi connectivity index (χ0n) is 14.2. The van der Waals surface area contributed by atoms with Crippen molar-refractivity contribution in [2.24, 2.45) is 11.5 Å². The van der Waals surface area contributed by atoms with Gasteiger partial charge in [0.15, 0.2) is 0 Å². The van der Waals surface area contributed by atoms with E-state index >= 15 is 0 Å². The Hall–Kier alpha value is -1.26. The van der Waals surface area contributed by atoms with E-state index in [9.17, 15) is 0 Å². The number of ether oxygens (including phenoxy) is 2. The quantitative estimate of drug-likeness (QED) is 0.582. The van der Waals surface area contributed by atoms with Gasteiger partial charge < -0.3 is 20.9 Å². The predicted octanol–water partition coefficient (Wildman–Crippen LogP) is 3.05. The lowest BCUT2D eigenvalue weighted by Gasteiger charge is -2.15. The minimum Gasteiger partial charge on any atom is -0.496 e. The molecule has 0 atom stereocenters. The number of unbranched alkanes of at least 4 members (excludes halogenated alkanes) is 4. The summed E-state index contributed by atoms with van der Waals surface area (Å²) in [5.74, 6) is 1.94. The molecule has 1 aromatic rings. The number of hydrogen-bond donors (Lipinski definition) is 2. The van der Waals surface area contributed by atoms with Gasteiger partial charge in [0.1, 0.15) is 11.5 Å².